The number of thiocarbonyl (C=S) groups is 1. The summed E-state index contributed by atoms with van der Waals surface area (Å²) < 4.78 is 52.0. The molecule has 38 heavy (non-hydrogen) atoms. The molecule has 0 N–H and O–H groups in total. The molecule has 12 heteroatoms. The van der Waals surface area contributed by atoms with Crippen LogP contribution < -0.4 is 14.4 Å². The van der Waals surface area contributed by atoms with Gasteiger partial charge in [-0.25, -0.2) is 0 Å². The monoisotopic (exact) mass is 661 g/mol. The number of alkyl halides is 3. The van der Waals surface area contributed by atoms with Crippen molar-refractivity contribution in [2.45, 2.75) is 19.7 Å². The zero-order valence-electron chi connectivity index (χ0n) is 19.4. The SMILES string of the molecule is CCOc1cc(/C=C2\SC(=S)N(c3cccc(C(F)(F)F)c3)C2=O)cc(Br)c1OCc1ccc(Cl)c(Cl)c1. The predicted molar refractivity (Wildman–Crippen MR) is 153 cm³/mol. The molecule has 0 aliphatic carbocycles. The molecule has 1 aliphatic heterocycles. The molecule has 0 atom stereocenters. The fourth-order valence-electron chi connectivity index (χ4n) is 3.52. The van der Waals surface area contributed by atoms with Crippen molar-refractivity contribution in [1.82, 2.24) is 0 Å². The van der Waals surface area contributed by atoms with Gasteiger partial charge in [-0.1, -0.05) is 59.3 Å². The molecular formula is C26H17BrCl2F3NO3S2. The molecule has 0 aromatic heterocycles. The lowest BCUT2D eigenvalue weighted by molar-refractivity contribution is -0.137. The maximum absolute atomic E-state index is 13.2. The maximum atomic E-state index is 13.2. The highest BCUT2D eigenvalue weighted by atomic mass is 79.9. The first-order valence-electron chi connectivity index (χ1n) is 11.0. The topological polar surface area (TPSA) is 38.8 Å². The van der Waals surface area contributed by atoms with Crippen LogP contribution in [0.4, 0.5) is 18.9 Å². The highest BCUT2D eigenvalue weighted by Gasteiger charge is 2.36. The van der Waals surface area contributed by atoms with E-state index in [4.69, 9.17) is 44.9 Å². The van der Waals surface area contributed by atoms with Gasteiger partial charge in [0.15, 0.2) is 15.8 Å². The van der Waals surface area contributed by atoms with Gasteiger partial charge in [-0.05, 0) is 82.5 Å². The van der Waals surface area contributed by atoms with Crippen molar-refractivity contribution in [3.63, 3.8) is 0 Å². The first kappa shape index (κ1) is 28.8. The number of nitrogens with zero attached hydrogens (tertiary/aromatic N) is 1. The Morgan fingerprint density at radius 3 is 2.53 bits per heavy atom. The minimum atomic E-state index is -4.54. The molecule has 198 valence electrons. The van der Waals surface area contributed by atoms with Crippen LogP contribution in [0.3, 0.4) is 0 Å². The van der Waals surface area contributed by atoms with Gasteiger partial charge in [-0.3, -0.25) is 9.69 Å². The van der Waals surface area contributed by atoms with Gasteiger partial charge in [0.05, 0.1) is 37.3 Å². The van der Waals surface area contributed by atoms with Crippen molar-refractivity contribution >= 4 is 85.1 Å². The molecule has 1 aliphatic rings. The molecule has 1 heterocycles. The van der Waals surface area contributed by atoms with E-state index in [0.717, 1.165) is 34.4 Å². The van der Waals surface area contributed by atoms with Crippen LogP contribution in [-0.4, -0.2) is 16.8 Å². The van der Waals surface area contributed by atoms with Crippen LogP contribution in [-0.2, 0) is 17.6 Å². The van der Waals surface area contributed by atoms with Gasteiger partial charge in [-0.2, -0.15) is 13.2 Å². The summed E-state index contributed by atoms with van der Waals surface area (Å²) in [5, 5.41) is 0.851. The molecule has 4 rings (SSSR count). The highest BCUT2D eigenvalue weighted by Crippen LogP contribution is 2.41. The van der Waals surface area contributed by atoms with Crippen molar-refractivity contribution in [2.75, 3.05) is 11.5 Å². The lowest BCUT2D eigenvalue weighted by Crippen LogP contribution is -2.27. The smallest absolute Gasteiger partial charge is 0.416 e. The number of carbonyl (C=O) groups excluding carboxylic acids is 1. The predicted octanol–water partition coefficient (Wildman–Crippen LogP) is 9.16. The Labute approximate surface area is 244 Å². The molecule has 4 nitrogen and oxygen atoms in total. The van der Waals surface area contributed by atoms with Gasteiger partial charge in [0.1, 0.15) is 6.61 Å². The van der Waals surface area contributed by atoms with Crippen LogP contribution in [0.25, 0.3) is 6.08 Å². The number of thioether (sulfide) groups is 1. The third-order valence-electron chi connectivity index (χ3n) is 5.22. The molecule has 0 saturated carbocycles. The zero-order chi connectivity index (χ0) is 27.6. The summed E-state index contributed by atoms with van der Waals surface area (Å²) in [6.45, 7) is 2.38. The van der Waals surface area contributed by atoms with Crippen LogP contribution in [0.2, 0.25) is 10.0 Å². The van der Waals surface area contributed by atoms with Crippen LogP contribution >= 0.6 is 63.1 Å². The molecule has 1 saturated heterocycles. The summed E-state index contributed by atoms with van der Waals surface area (Å²) in [4.78, 5) is 14.5. The number of halogens is 6. The van der Waals surface area contributed by atoms with E-state index in [-0.39, 0.29) is 21.5 Å². The Morgan fingerprint density at radius 1 is 1.08 bits per heavy atom. The molecule has 0 spiro atoms. The average molecular weight is 663 g/mol. The summed E-state index contributed by atoms with van der Waals surface area (Å²) in [5.41, 5.74) is 0.589. The minimum Gasteiger partial charge on any atom is -0.490 e. The molecule has 3 aromatic carbocycles. The van der Waals surface area contributed by atoms with Gasteiger partial charge in [0.2, 0.25) is 0 Å². The number of anilines is 1. The highest BCUT2D eigenvalue weighted by molar-refractivity contribution is 9.10. The molecule has 3 aromatic rings. The van der Waals surface area contributed by atoms with Crippen LogP contribution in [0, 0.1) is 0 Å². The number of ether oxygens (including phenoxy) is 2. The Kier molecular flexibility index (Phi) is 8.99. The molecule has 0 radical (unpaired) electrons. The van der Waals surface area contributed by atoms with Gasteiger partial charge in [0, 0.05) is 0 Å². The fraction of sp³-hybridized carbons (Fsp3) is 0.154. The second kappa shape index (κ2) is 11.9. The van der Waals surface area contributed by atoms with E-state index in [9.17, 15) is 18.0 Å². The van der Waals surface area contributed by atoms with Crippen molar-refractivity contribution in [3.05, 3.63) is 90.7 Å². The molecular weight excluding hydrogens is 646 g/mol. The third kappa shape index (κ3) is 6.48. The standard InChI is InChI=1S/C26H17BrCl2F3NO3S2/c1-2-35-21-10-15(8-18(27)23(21)36-13-14-6-7-19(28)20(29)9-14)11-22-24(34)33(25(37)38-22)17-5-3-4-16(12-17)26(30,31)32/h3-12H,2,13H2,1H3/b22-11-. The zero-order valence-corrected chi connectivity index (χ0v) is 24.2. The number of rotatable bonds is 7. The molecule has 0 bridgehead atoms. The molecule has 1 amide bonds. The Bertz CT molecular complexity index is 1450. The van der Waals surface area contributed by atoms with Crippen molar-refractivity contribution in [2.24, 2.45) is 0 Å². The first-order chi connectivity index (χ1) is 18.0. The van der Waals surface area contributed by atoms with E-state index in [1.807, 2.05) is 6.92 Å². The van der Waals surface area contributed by atoms with Gasteiger partial charge in [0.25, 0.3) is 5.91 Å². The second-order valence-corrected chi connectivity index (χ2v) is 11.2. The van der Waals surface area contributed by atoms with E-state index in [2.05, 4.69) is 15.9 Å². The van der Waals surface area contributed by atoms with Crippen LogP contribution in [0.15, 0.2) is 64.0 Å². The fourth-order valence-corrected chi connectivity index (χ4v) is 5.72. The van der Waals surface area contributed by atoms with E-state index in [0.29, 0.717) is 38.2 Å². The first-order valence-corrected chi connectivity index (χ1v) is 13.7. The van der Waals surface area contributed by atoms with E-state index in [1.165, 1.54) is 12.1 Å². The quantitative estimate of drug-likeness (QED) is 0.186. The largest absolute Gasteiger partial charge is 0.490 e. The molecule has 0 unspecified atom stereocenters. The Morgan fingerprint density at radius 2 is 1.84 bits per heavy atom. The van der Waals surface area contributed by atoms with Crippen molar-refractivity contribution in [3.8, 4) is 11.5 Å². The van der Waals surface area contributed by atoms with Gasteiger partial charge in [-0.15, -0.1) is 0 Å². The lowest BCUT2D eigenvalue weighted by atomic mass is 10.1. The summed E-state index contributed by atoms with van der Waals surface area (Å²) in [6, 6.07) is 13.1. The maximum Gasteiger partial charge on any atom is 0.416 e. The van der Waals surface area contributed by atoms with Crippen molar-refractivity contribution in [1.29, 1.82) is 0 Å². The van der Waals surface area contributed by atoms with Gasteiger partial charge < -0.3 is 9.47 Å². The van der Waals surface area contributed by atoms with E-state index in [1.54, 1.807) is 36.4 Å². The normalized spacial score (nSPS) is 14.9. The van der Waals surface area contributed by atoms with Crippen LogP contribution in [0.5, 0.6) is 11.5 Å². The molecule has 1 fully saturated rings. The third-order valence-corrected chi connectivity index (χ3v) is 7.85. The van der Waals surface area contributed by atoms with Gasteiger partial charge >= 0.3 is 6.18 Å². The summed E-state index contributed by atoms with van der Waals surface area (Å²) >= 11 is 21.9. The number of hydrogen-bond donors (Lipinski definition) is 0. The van der Waals surface area contributed by atoms with Crippen LogP contribution in [0.1, 0.15) is 23.6 Å². The minimum absolute atomic E-state index is 0.0490. The number of benzene rings is 3. The van der Waals surface area contributed by atoms with E-state index < -0.39 is 17.6 Å². The Balaban J connectivity index is 1.60. The summed E-state index contributed by atoms with van der Waals surface area (Å²) in [5.74, 6) is 0.362. The number of amides is 1. The summed E-state index contributed by atoms with van der Waals surface area (Å²) in [7, 11) is 0. The number of carbonyl (C=O) groups is 1. The second-order valence-electron chi connectivity index (χ2n) is 7.87. The lowest BCUT2D eigenvalue weighted by Gasteiger charge is -2.16. The van der Waals surface area contributed by atoms with E-state index >= 15 is 0 Å². The Hall–Kier alpha value is -2.24. The summed E-state index contributed by atoms with van der Waals surface area (Å²) in [6.07, 6.45) is -2.94. The van der Waals surface area contributed by atoms with Crippen molar-refractivity contribution < 1.29 is 27.4 Å². The average Bonchev–Trinajstić information content (AvgIpc) is 3.13. The number of hydrogen-bond acceptors (Lipinski definition) is 5.